The van der Waals surface area contributed by atoms with Crippen LogP contribution in [-0.4, -0.2) is 24.8 Å². The maximum atomic E-state index is 12.3. The molecule has 26 heavy (non-hydrogen) atoms. The lowest BCUT2D eigenvalue weighted by Crippen LogP contribution is -2.35. The van der Waals surface area contributed by atoms with Crippen molar-refractivity contribution in [2.24, 2.45) is 0 Å². The van der Waals surface area contributed by atoms with Crippen LogP contribution in [0.5, 0.6) is 0 Å². The van der Waals surface area contributed by atoms with Gasteiger partial charge >= 0.3 is 12.1 Å². The van der Waals surface area contributed by atoms with Crippen LogP contribution < -0.4 is 5.32 Å². The molecule has 2 rings (SSSR count). The Balaban J connectivity index is 2.55. The highest BCUT2D eigenvalue weighted by atomic mass is 32.1. The summed E-state index contributed by atoms with van der Waals surface area (Å²) in [6, 6.07) is 5.94. The van der Waals surface area contributed by atoms with Gasteiger partial charge in [0, 0.05) is 9.58 Å². The van der Waals surface area contributed by atoms with Gasteiger partial charge in [-0.05, 0) is 63.6 Å². The molecule has 0 fully saturated rings. The van der Waals surface area contributed by atoms with Gasteiger partial charge in [-0.25, -0.2) is 9.59 Å². The van der Waals surface area contributed by atoms with Gasteiger partial charge < -0.3 is 9.47 Å². The molecule has 0 bridgehead atoms. The molecule has 0 spiro atoms. The Labute approximate surface area is 158 Å². The number of methoxy groups -OCH3 is 1. The SMILES string of the molecule is COC(=O)/C(NC(=O)OC(C)(C)C)=C(/C)c1cccc2c(C)c(C)sc12. The number of aryl methyl sites for hydroxylation is 2. The van der Waals surface area contributed by atoms with E-state index in [1.807, 2.05) is 12.1 Å². The summed E-state index contributed by atoms with van der Waals surface area (Å²) in [6.07, 6.45) is -0.692. The molecule has 0 radical (unpaired) electrons. The third-order valence-electron chi connectivity index (χ3n) is 4.00. The van der Waals surface area contributed by atoms with Crippen LogP contribution in [0.15, 0.2) is 23.9 Å². The molecule has 0 saturated heterocycles. The van der Waals surface area contributed by atoms with Crippen molar-refractivity contribution in [1.82, 2.24) is 5.32 Å². The number of ether oxygens (including phenoxy) is 2. The first kappa shape index (κ1) is 20.0. The predicted molar refractivity (Wildman–Crippen MR) is 105 cm³/mol. The number of carbonyl (C=O) groups is 2. The molecule has 6 heteroatoms. The van der Waals surface area contributed by atoms with Gasteiger partial charge in [0.15, 0.2) is 0 Å². The molecule has 1 amide bonds. The number of esters is 1. The molecule has 2 aromatic rings. The number of benzene rings is 1. The Kier molecular flexibility index (Phi) is 5.76. The van der Waals surface area contributed by atoms with Crippen LogP contribution >= 0.6 is 11.3 Å². The van der Waals surface area contributed by atoms with Crippen molar-refractivity contribution >= 4 is 39.1 Å². The number of nitrogens with one attached hydrogen (secondary N) is 1. The molecule has 0 aliphatic rings. The van der Waals surface area contributed by atoms with Crippen LogP contribution in [0.25, 0.3) is 15.7 Å². The van der Waals surface area contributed by atoms with Gasteiger partial charge in [-0.1, -0.05) is 18.2 Å². The quantitative estimate of drug-likeness (QED) is 0.609. The van der Waals surface area contributed by atoms with Crippen molar-refractivity contribution in [3.63, 3.8) is 0 Å². The number of amides is 1. The summed E-state index contributed by atoms with van der Waals surface area (Å²) in [4.78, 5) is 25.7. The number of carbonyl (C=O) groups excluding carboxylic acids is 2. The van der Waals surface area contributed by atoms with Crippen molar-refractivity contribution in [2.45, 2.75) is 47.1 Å². The molecule has 1 N–H and O–H groups in total. The van der Waals surface area contributed by atoms with Gasteiger partial charge in [0.1, 0.15) is 11.3 Å². The number of thiophene rings is 1. The molecule has 5 nitrogen and oxygen atoms in total. The molecule has 1 aromatic heterocycles. The fourth-order valence-electron chi connectivity index (χ4n) is 2.60. The van der Waals surface area contributed by atoms with Crippen molar-refractivity contribution in [1.29, 1.82) is 0 Å². The van der Waals surface area contributed by atoms with Crippen LogP contribution in [-0.2, 0) is 14.3 Å². The van der Waals surface area contributed by atoms with Gasteiger partial charge in [-0.2, -0.15) is 0 Å². The topological polar surface area (TPSA) is 64.6 Å². The fraction of sp³-hybridized carbons (Fsp3) is 0.400. The summed E-state index contributed by atoms with van der Waals surface area (Å²) in [7, 11) is 1.28. The van der Waals surface area contributed by atoms with Crippen LogP contribution in [0.1, 0.15) is 43.7 Å². The van der Waals surface area contributed by atoms with Crippen molar-refractivity contribution in [3.8, 4) is 0 Å². The zero-order valence-electron chi connectivity index (χ0n) is 16.3. The minimum atomic E-state index is -0.692. The first-order valence-electron chi connectivity index (χ1n) is 8.33. The number of hydrogen-bond acceptors (Lipinski definition) is 5. The number of alkyl carbamates (subject to hydrolysis) is 1. The first-order chi connectivity index (χ1) is 12.0. The van der Waals surface area contributed by atoms with E-state index in [1.54, 1.807) is 39.0 Å². The Morgan fingerprint density at radius 3 is 2.38 bits per heavy atom. The lowest BCUT2D eigenvalue weighted by Gasteiger charge is -2.21. The van der Waals surface area contributed by atoms with Crippen LogP contribution in [0.3, 0.4) is 0 Å². The summed E-state index contributed by atoms with van der Waals surface area (Å²) in [5, 5.41) is 3.70. The summed E-state index contributed by atoms with van der Waals surface area (Å²) in [6.45, 7) is 11.2. The predicted octanol–water partition coefficient (Wildman–Crippen LogP) is 4.95. The molecular formula is C20H25NO4S. The van der Waals surface area contributed by atoms with E-state index in [-0.39, 0.29) is 5.70 Å². The van der Waals surface area contributed by atoms with Crippen LogP contribution in [0, 0.1) is 13.8 Å². The molecule has 0 saturated carbocycles. The molecule has 1 aromatic carbocycles. The third kappa shape index (κ3) is 4.25. The molecule has 0 aliphatic heterocycles. The molecular weight excluding hydrogens is 350 g/mol. The summed E-state index contributed by atoms with van der Waals surface area (Å²) >= 11 is 1.67. The average Bonchev–Trinajstić information content (AvgIpc) is 2.84. The second kappa shape index (κ2) is 7.50. The number of fused-ring (bicyclic) bond motifs is 1. The van der Waals surface area contributed by atoms with E-state index in [0.29, 0.717) is 5.57 Å². The minimum Gasteiger partial charge on any atom is -0.464 e. The highest BCUT2D eigenvalue weighted by Gasteiger charge is 2.23. The third-order valence-corrected chi connectivity index (χ3v) is 5.25. The normalized spacial score (nSPS) is 12.6. The second-order valence-electron chi connectivity index (χ2n) is 7.08. The van der Waals surface area contributed by atoms with E-state index in [9.17, 15) is 9.59 Å². The average molecular weight is 375 g/mol. The standard InChI is InChI=1S/C20H25NO4S/c1-11-13(3)26-17-14(11)9-8-10-15(17)12(2)16(18(22)24-7)21-19(23)25-20(4,5)6/h8-10H,1-7H3,(H,21,23)/b16-12+. The molecule has 0 atom stereocenters. The summed E-state index contributed by atoms with van der Waals surface area (Å²) in [5.41, 5.74) is 2.16. The summed E-state index contributed by atoms with van der Waals surface area (Å²) < 4.78 is 11.2. The zero-order valence-corrected chi connectivity index (χ0v) is 17.1. The fourth-order valence-corrected chi connectivity index (χ4v) is 3.83. The first-order valence-corrected chi connectivity index (χ1v) is 9.15. The van der Waals surface area contributed by atoms with Crippen molar-refractivity contribution in [2.75, 3.05) is 7.11 Å². The zero-order chi connectivity index (χ0) is 19.6. The number of hydrogen-bond donors (Lipinski definition) is 1. The highest BCUT2D eigenvalue weighted by Crippen LogP contribution is 2.36. The molecule has 140 valence electrons. The maximum Gasteiger partial charge on any atom is 0.412 e. The molecule has 1 heterocycles. The van der Waals surface area contributed by atoms with Gasteiger partial charge in [0.25, 0.3) is 0 Å². The van der Waals surface area contributed by atoms with Gasteiger partial charge in [-0.3, -0.25) is 5.32 Å². The Hall–Kier alpha value is -2.34. The van der Waals surface area contributed by atoms with Crippen LogP contribution in [0.2, 0.25) is 0 Å². The lowest BCUT2D eigenvalue weighted by atomic mass is 10.0. The van der Waals surface area contributed by atoms with Crippen LogP contribution in [0.4, 0.5) is 4.79 Å². The highest BCUT2D eigenvalue weighted by molar-refractivity contribution is 7.19. The van der Waals surface area contributed by atoms with E-state index in [1.165, 1.54) is 17.6 Å². The Morgan fingerprint density at radius 2 is 1.81 bits per heavy atom. The second-order valence-corrected chi connectivity index (χ2v) is 8.31. The van der Waals surface area contributed by atoms with E-state index < -0.39 is 17.7 Å². The van der Waals surface area contributed by atoms with Gasteiger partial charge in [0.05, 0.1) is 7.11 Å². The van der Waals surface area contributed by atoms with Gasteiger partial charge in [0.2, 0.25) is 0 Å². The number of allylic oxidation sites excluding steroid dienone is 1. The van der Waals surface area contributed by atoms with E-state index >= 15 is 0 Å². The molecule has 0 unspecified atom stereocenters. The minimum absolute atomic E-state index is 0.0814. The van der Waals surface area contributed by atoms with Crippen molar-refractivity contribution in [3.05, 3.63) is 39.9 Å². The Bertz CT molecular complexity index is 887. The van der Waals surface area contributed by atoms with E-state index in [0.717, 1.165) is 15.6 Å². The molecule has 0 aliphatic carbocycles. The maximum absolute atomic E-state index is 12.3. The monoisotopic (exact) mass is 375 g/mol. The van der Waals surface area contributed by atoms with E-state index in [4.69, 9.17) is 9.47 Å². The Morgan fingerprint density at radius 1 is 1.15 bits per heavy atom. The smallest absolute Gasteiger partial charge is 0.412 e. The number of rotatable bonds is 3. The van der Waals surface area contributed by atoms with Crippen molar-refractivity contribution < 1.29 is 19.1 Å². The van der Waals surface area contributed by atoms with Gasteiger partial charge in [-0.15, -0.1) is 11.3 Å². The summed E-state index contributed by atoms with van der Waals surface area (Å²) in [5.74, 6) is -0.615. The largest absolute Gasteiger partial charge is 0.464 e. The van der Waals surface area contributed by atoms with E-state index in [2.05, 4.69) is 25.2 Å². The lowest BCUT2D eigenvalue weighted by molar-refractivity contribution is -0.136.